The third-order valence-electron chi connectivity index (χ3n) is 3.29. The molecule has 0 spiro atoms. The van der Waals surface area contributed by atoms with Crippen LogP contribution in [0.5, 0.6) is 0 Å². The van der Waals surface area contributed by atoms with Crippen molar-refractivity contribution < 1.29 is 13.3 Å². The lowest BCUT2D eigenvalue weighted by Crippen LogP contribution is -2.21. The highest BCUT2D eigenvalue weighted by molar-refractivity contribution is 7.89. The fourth-order valence-corrected chi connectivity index (χ4v) is 2.71. The number of nitro benzene ring substituents is 1. The van der Waals surface area contributed by atoms with Crippen LogP contribution in [-0.2, 0) is 15.6 Å². The summed E-state index contributed by atoms with van der Waals surface area (Å²) in [7, 11) is -2.51. The smallest absolute Gasteiger partial charge is 0.294 e. The third-order valence-corrected chi connectivity index (χ3v) is 4.71. The first-order valence-corrected chi connectivity index (χ1v) is 8.57. The monoisotopic (exact) mass is 353 g/mol. The summed E-state index contributed by atoms with van der Waals surface area (Å²) in [5, 5.41) is 18.4. The van der Waals surface area contributed by atoms with Crippen LogP contribution in [-0.4, -0.2) is 30.2 Å². The largest absolute Gasteiger partial charge is 0.347 e. The van der Waals surface area contributed by atoms with Crippen LogP contribution < -0.4 is 10.0 Å². The zero-order valence-corrected chi connectivity index (χ0v) is 14.6. The minimum Gasteiger partial charge on any atom is -0.347 e. The van der Waals surface area contributed by atoms with Gasteiger partial charge in [-0.2, -0.15) is 5.10 Å². The molecule has 2 N–H and O–H groups in total. The van der Waals surface area contributed by atoms with Gasteiger partial charge in [-0.15, -0.1) is 0 Å². The van der Waals surface area contributed by atoms with Gasteiger partial charge in [-0.25, -0.2) is 13.1 Å². The van der Waals surface area contributed by atoms with Crippen molar-refractivity contribution in [2.45, 2.75) is 31.2 Å². The Morgan fingerprint density at radius 1 is 1.29 bits per heavy atom. The standard InChI is InChI=1S/C14H19N5O4S/c1-14(2,3)18-9-10(8-16-18)17-12-6-5-11(24(22,23)15-4)7-13(12)19(20)21/h5-9,15,17H,1-4H3. The molecule has 24 heavy (non-hydrogen) atoms. The molecule has 0 unspecified atom stereocenters. The molecule has 0 bridgehead atoms. The van der Waals surface area contributed by atoms with Crippen LogP contribution in [0.2, 0.25) is 0 Å². The molecule has 0 saturated heterocycles. The van der Waals surface area contributed by atoms with Crippen molar-refractivity contribution in [2.75, 3.05) is 12.4 Å². The van der Waals surface area contributed by atoms with E-state index in [0.29, 0.717) is 5.69 Å². The summed E-state index contributed by atoms with van der Waals surface area (Å²) in [5.41, 5.74) is 0.187. The zero-order chi connectivity index (χ0) is 18.1. The van der Waals surface area contributed by atoms with Gasteiger partial charge in [0.15, 0.2) is 0 Å². The van der Waals surface area contributed by atoms with E-state index in [1.54, 1.807) is 17.1 Å². The van der Waals surface area contributed by atoms with Gasteiger partial charge in [-0.05, 0) is 40.0 Å². The number of aromatic nitrogens is 2. The summed E-state index contributed by atoms with van der Waals surface area (Å²) in [6.45, 7) is 5.93. The van der Waals surface area contributed by atoms with Crippen LogP contribution in [0, 0.1) is 10.1 Å². The van der Waals surface area contributed by atoms with Gasteiger partial charge in [0.05, 0.1) is 27.2 Å². The summed E-state index contributed by atoms with van der Waals surface area (Å²) >= 11 is 0. The summed E-state index contributed by atoms with van der Waals surface area (Å²) in [6.07, 6.45) is 3.27. The van der Waals surface area contributed by atoms with Gasteiger partial charge in [0, 0.05) is 12.3 Å². The maximum Gasteiger partial charge on any atom is 0.294 e. The van der Waals surface area contributed by atoms with Gasteiger partial charge in [0.25, 0.3) is 5.69 Å². The quantitative estimate of drug-likeness (QED) is 0.628. The average molecular weight is 353 g/mol. The fraction of sp³-hybridized carbons (Fsp3) is 0.357. The van der Waals surface area contributed by atoms with Crippen LogP contribution in [0.1, 0.15) is 20.8 Å². The van der Waals surface area contributed by atoms with E-state index in [0.717, 1.165) is 6.07 Å². The van der Waals surface area contributed by atoms with Crippen molar-refractivity contribution in [3.8, 4) is 0 Å². The van der Waals surface area contributed by atoms with Gasteiger partial charge in [-0.3, -0.25) is 14.8 Å². The van der Waals surface area contributed by atoms with Crippen LogP contribution in [0.4, 0.5) is 17.1 Å². The lowest BCUT2D eigenvalue weighted by Gasteiger charge is -2.18. The Morgan fingerprint density at radius 2 is 1.96 bits per heavy atom. The molecule has 1 aromatic heterocycles. The van der Waals surface area contributed by atoms with E-state index < -0.39 is 14.9 Å². The van der Waals surface area contributed by atoms with Crippen molar-refractivity contribution in [1.29, 1.82) is 0 Å². The topological polar surface area (TPSA) is 119 Å². The van der Waals surface area contributed by atoms with E-state index in [4.69, 9.17) is 0 Å². The van der Waals surface area contributed by atoms with Gasteiger partial charge in [0.1, 0.15) is 5.69 Å². The highest BCUT2D eigenvalue weighted by atomic mass is 32.2. The van der Waals surface area contributed by atoms with Crippen LogP contribution in [0.15, 0.2) is 35.5 Å². The third kappa shape index (κ3) is 3.71. The molecule has 2 aromatic rings. The second kappa shape index (κ2) is 6.21. The molecular weight excluding hydrogens is 334 g/mol. The molecule has 0 fully saturated rings. The highest BCUT2D eigenvalue weighted by Gasteiger charge is 2.21. The Balaban J connectivity index is 2.40. The molecule has 1 aromatic carbocycles. The van der Waals surface area contributed by atoms with Crippen molar-refractivity contribution in [2.24, 2.45) is 0 Å². The Hall–Kier alpha value is -2.46. The van der Waals surface area contributed by atoms with E-state index in [1.807, 2.05) is 20.8 Å². The number of sulfonamides is 1. The molecule has 1 heterocycles. The van der Waals surface area contributed by atoms with Crippen LogP contribution >= 0.6 is 0 Å². The molecule has 0 amide bonds. The lowest BCUT2D eigenvalue weighted by atomic mass is 10.1. The minimum absolute atomic E-state index is 0.173. The average Bonchev–Trinajstić information content (AvgIpc) is 2.96. The predicted octanol–water partition coefficient (Wildman–Crippen LogP) is 2.20. The molecule has 0 aliphatic rings. The summed E-state index contributed by atoms with van der Waals surface area (Å²) in [6, 6.07) is 3.68. The van der Waals surface area contributed by atoms with E-state index in [2.05, 4.69) is 15.1 Å². The molecule has 0 saturated carbocycles. The first kappa shape index (κ1) is 17.9. The SMILES string of the molecule is CNS(=O)(=O)c1ccc(Nc2cnn(C(C)(C)C)c2)c([N+](=O)[O-])c1. The van der Waals surface area contributed by atoms with E-state index >= 15 is 0 Å². The van der Waals surface area contributed by atoms with E-state index in [9.17, 15) is 18.5 Å². The Labute approximate surface area is 139 Å². The maximum atomic E-state index is 11.8. The number of nitrogens with zero attached hydrogens (tertiary/aromatic N) is 3. The number of rotatable bonds is 5. The summed E-state index contributed by atoms with van der Waals surface area (Å²) in [5.74, 6) is 0. The summed E-state index contributed by atoms with van der Waals surface area (Å²) < 4.78 is 27.4. The first-order valence-electron chi connectivity index (χ1n) is 7.09. The summed E-state index contributed by atoms with van der Waals surface area (Å²) in [4.78, 5) is 10.5. The van der Waals surface area contributed by atoms with Crippen LogP contribution in [0.25, 0.3) is 0 Å². The highest BCUT2D eigenvalue weighted by Crippen LogP contribution is 2.30. The Bertz CT molecular complexity index is 868. The fourth-order valence-electron chi connectivity index (χ4n) is 1.96. The number of anilines is 2. The molecule has 0 atom stereocenters. The molecule has 9 nitrogen and oxygen atoms in total. The molecule has 0 radical (unpaired) electrons. The number of hydrogen-bond donors (Lipinski definition) is 2. The van der Waals surface area contributed by atoms with Gasteiger partial charge >= 0.3 is 0 Å². The second-order valence-corrected chi connectivity index (χ2v) is 8.00. The molecule has 10 heteroatoms. The molecule has 130 valence electrons. The second-order valence-electron chi connectivity index (χ2n) is 6.11. The normalized spacial score (nSPS) is 12.2. The van der Waals surface area contributed by atoms with Crippen molar-refractivity contribution in [3.05, 3.63) is 40.7 Å². The van der Waals surface area contributed by atoms with E-state index in [1.165, 1.54) is 19.2 Å². The molecule has 2 rings (SSSR count). The number of nitro groups is 1. The van der Waals surface area contributed by atoms with Crippen molar-refractivity contribution in [1.82, 2.24) is 14.5 Å². The molecular formula is C14H19N5O4S. The van der Waals surface area contributed by atoms with Crippen molar-refractivity contribution >= 4 is 27.1 Å². The van der Waals surface area contributed by atoms with Crippen LogP contribution in [0.3, 0.4) is 0 Å². The number of nitrogens with one attached hydrogen (secondary N) is 2. The van der Waals surface area contributed by atoms with Gasteiger partial charge < -0.3 is 5.32 Å². The Morgan fingerprint density at radius 3 is 2.46 bits per heavy atom. The van der Waals surface area contributed by atoms with Gasteiger partial charge in [-0.1, -0.05) is 0 Å². The zero-order valence-electron chi connectivity index (χ0n) is 13.8. The molecule has 0 aliphatic carbocycles. The lowest BCUT2D eigenvalue weighted by molar-refractivity contribution is -0.384. The minimum atomic E-state index is -3.76. The van der Waals surface area contributed by atoms with E-state index in [-0.39, 0.29) is 21.8 Å². The van der Waals surface area contributed by atoms with Crippen molar-refractivity contribution in [3.63, 3.8) is 0 Å². The van der Waals surface area contributed by atoms with Gasteiger partial charge in [0.2, 0.25) is 10.0 Å². The maximum absolute atomic E-state index is 11.8. The first-order chi connectivity index (χ1) is 11.0. The predicted molar refractivity (Wildman–Crippen MR) is 89.8 cm³/mol. The number of hydrogen-bond acceptors (Lipinski definition) is 6. The Kier molecular flexibility index (Phi) is 4.63. The molecule has 0 aliphatic heterocycles. The number of benzene rings is 1.